The molecule has 0 aromatic carbocycles. The highest BCUT2D eigenvalue weighted by Crippen LogP contribution is 2.12. The number of primary amides is 1. The Hall–Kier alpha value is -0.610. The van der Waals surface area contributed by atoms with E-state index < -0.39 is 0 Å². The van der Waals surface area contributed by atoms with Crippen LogP contribution in [0.25, 0.3) is 0 Å². The quantitative estimate of drug-likeness (QED) is 0.555. The lowest BCUT2D eigenvalue weighted by atomic mass is 10.1. The molecule has 1 aliphatic rings. The van der Waals surface area contributed by atoms with Crippen LogP contribution < -0.4 is 11.1 Å². The van der Waals surface area contributed by atoms with Gasteiger partial charge in [0, 0.05) is 6.04 Å². The number of hydrogen-bond acceptors (Lipinski definition) is 3. The standard InChI is InChI=1S/C7H14N2O2/c1-9-5-2-3-6(7(8)10)11-4-5/h5-6,9H,2-4H2,1H3,(H2,8,10). The van der Waals surface area contributed by atoms with Crippen LogP contribution in [0.15, 0.2) is 0 Å². The van der Waals surface area contributed by atoms with Crippen LogP contribution >= 0.6 is 0 Å². The van der Waals surface area contributed by atoms with Crippen molar-refractivity contribution in [2.24, 2.45) is 5.73 Å². The molecule has 1 rings (SSSR count). The molecule has 2 unspecified atom stereocenters. The second-order valence-corrected chi connectivity index (χ2v) is 2.79. The normalized spacial score (nSPS) is 31.7. The van der Waals surface area contributed by atoms with Gasteiger partial charge in [0.25, 0.3) is 0 Å². The van der Waals surface area contributed by atoms with E-state index in [2.05, 4.69) is 5.32 Å². The maximum Gasteiger partial charge on any atom is 0.246 e. The van der Waals surface area contributed by atoms with Gasteiger partial charge in [0.1, 0.15) is 6.10 Å². The number of ether oxygens (including phenoxy) is 1. The van der Waals surface area contributed by atoms with Crippen LogP contribution in [-0.2, 0) is 9.53 Å². The van der Waals surface area contributed by atoms with Crippen molar-refractivity contribution in [3.63, 3.8) is 0 Å². The van der Waals surface area contributed by atoms with Crippen LogP contribution in [0, 0.1) is 0 Å². The zero-order valence-corrected chi connectivity index (χ0v) is 6.67. The molecule has 1 fully saturated rings. The number of nitrogens with two attached hydrogens (primary N) is 1. The average Bonchev–Trinajstić information content (AvgIpc) is 2.05. The molecule has 0 bridgehead atoms. The third kappa shape index (κ3) is 2.17. The summed E-state index contributed by atoms with van der Waals surface area (Å²) in [4.78, 5) is 10.6. The number of amides is 1. The lowest BCUT2D eigenvalue weighted by molar-refractivity contribution is -0.132. The minimum absolute atomic E-state index is 0.348. The van der Waals surface area contributed by atoms with Gasteiger partial charge in [-0.1, -0.05) is 0 Å². The molecular formula is C7H14N2O2. The van der Waals surface area contributed by atoms with Crippen molar-refractivity contribution in [2.45, 2.75) is 25.0 Å². The first kappa shape index (κ1) is 8.49. The lowest BCUT2D eigenvalue weighted by Gasteiger charge is -2.26. The zero-order valence-electron chi connectivity index (χ0n) is 6.67. The predicted molar refractivity (Wildman–Crippen MR) is 41.0 cm³/mol. The van der Waals surface area contributed by atoms with E-state index in [1.807, 2.05) is 7.05 Å². The molecule has 2 atom stereocenters. The van der Waals surface area contributed by atoms with E-state index in [0.29, 0.717) is 12.6 Å². The Morgan fingerprint density at radius 2 is 2.36 bits per heavy atom. The van der Waals surface area contributed by atoms with Gasteiger partial charge in [0.2, 0.25) is 5.91 Å². The molecule has 0 saturated carbocycles. The number of hydrogen-bond donors (Lipinski definition) is 2. The molecule has 3 N–H and O–H groups in total. The van der Waals surface area contributed by atoms with Crippen molar-refractivity contribution in [1.82, 2.24) is 5.32 Å². The first-order valence-electron chi connectivity index (χ1n) is 3.82. The Kier molecular flexibility index (Phi) is 2.84. The molecule has 0 aliphatic carbocycles. The Morgan fingerprint density at radius 3 is 2.73 bits per heavy atom. The summed E-state index contributed by atoms with van der Waals surface area (Å²) in [5, 5.41) is 3.09. The molecule has 0 spiro atoms. The van der Waals surface area contributed by atoms with Crippen LogP contribution in [-0.4, -0.2) is 31.7 Å². The summed E-state index contributed by atoms with van der Waals surface area (Å²) in [6, 6.07) is 0.380. The summed E-state index contributed by atoms with van der Waals surface area (Å²) in [6.07, 6.45) is 1.34. The largest absolute Gasteiger partial charge is 0.367 e. The predicted octanol–water partition coefficient (Wildman–Crippen LogP) is -0.761. The van der Waals surface area contributed by atoms with Crippen LogP contribution in [0.3, 0.4) is 0 Å². The molecule has 64 valence electrons. The molecule has 0 aromatic rings. The molecule has 1 amide bonds. The van der Waals surface area contributed by atoms with Gasteiger partial charge in [-0.25, -0.2) is 0 Å². The molecule has 1 saturated heterocycles. The Bertz CT molecular complexity index is 141. The van der Waals surface area contributed by atoms with Gasteiger partial charge in [-0.05, 0) is 19.9 Å². The maximum absolute atomic E-state index is 10.6. The van der Waals surface area contributed by atoms with Crippen molar-refractivity contribution in [1.29, 1.82) is 0 Å². The first-order chi connectivity index (χ1) is 5.24. The summed E-state index contributed by atoms with van der Waals surface area (Å²) >= 11 is 0. The van der Waals surface area contributed by atoms with Crippen LogP contribution in [0.5, 0.6) is 0 Å². The van der Waals surface area contributed by atoms with E-state index in [1.54, 1.807) is 0 Å². The van der Waals surface area contributed by atoms with Crippen molar-refractivity contribution in [3.8, 4) is 0 Å². The van der Waals surface area contributed by atoms with E-state index in [4.69, 9.17) is 10.5 Å². The summed E-state index contributed by atoms with van der Waals surface area (Å²) in [5.41, 5.74) is 5.07. The van der Waals surface area contributed by atoms with Gasteiger partial charge < -0.3 is 15.8 Å². The molecule has 0 aromatic heterocycles. The minimum Gasteiger partial charge on any atom is -0.367 e. The highest BCUT2D eigenvalue weighted by atomic mass is 16.5. The topological polar surface area (TPSA) is 64.3 Å². The Morgan fingerprint density at radius 1 is 1.64 bits per heavy atom. The molecule has 1 heterocycles. The molecule has 4 heteroatoms. The average molecular weight is 158 g/mol. The molecular weight excluding hydrogens is 144 g/mol. The van der Waals surface area contributed by atoms with E-state index in [-0.39, 0.29) is 12.0 Å². The summed E-state index contributed by atoms with van der Waals surface area (Å²) < 4.78 is 5.21. The van der Waals surface area contributed by atoms with Gasteiger partial charge in [0.15, 0.2) is 0 Å². The SMILES string of the molecule is CNC1CCC(C(N)=O)OC1. The number of likely N-dealkylation sites (N-methyl/N-ethyl adjacent to an activating group) is 1. The van der Waals surface area contributed by atoms with Crippen LogP contribution in [0.1, 0.15) is 12.8 Å². The van der Waals surface area contributed by atoms with Gasteiger partial charge >= 0.3 is 0 Å². The number of rotatable bonds is 2. The van der Waals surface area contributed by atoms with E-state index in [1.165, 1.54) is 0 Å². The van der Waals surface area contributed by atoms with Crippen LogP contribution in [0.4, 0.5) is 0 Å². The fraction of sp³-hybridized carbons (Fsp3) is 0.857. The van der Waals surface area contributed by atoms with Crippen molar-refractivity contribution >= 4 is 5.91 Å². The van der Waals surface area contributed by atoms with Crippen molar-refractivity contribution in [3.05, 3.63) is 0 Å². The highest BCUT2D eigenvalue weighted by Gasteiger charge is 2.23. The number of carbonyl (C=O) groups excluding carboxylic acids is 1. The second-order valence-electron chi connectivity index (χ2n) is 2.79. The smallest absolute Gasteiger partial charge is 0.246 e. The molecule has 1 aliphatic heterocycles. The zero-order chi connectivity index (χ0) is 8.27. The third-order valence-corrected chi connectivity index (χ3v) is 2.00. The Balaban J connectivity index is 2.30. The van der Waals surface area contributed by atoms with Crippen molar-refractivity contribution < 1.29 is 9.53 Å². The van der Waals surface area contributed by atoms with Gasteiger partial charge in [-0.3, -0.25) is 4.79 Å². The molecule has 11 heavy (non-hydrogen) atoms. The maximum atomic E-state index is 10.6. The van der Waals surface area contributed by atoms with E-state index in [0.717, 1.165) is 12.8 Å². The molecule has 4 nitrogen and oxygen atoms in total. The summed E-state index contributed by atoms with van der Waals surface area (Å²) in [7, 11) is 1.89. The van der Waals surface area contributed by atoms with Gasteiger partial charge in [0.05, 0.1) is 6.61 Å². The van der Waals surface area contributed by atoms with E-state index in [9.17, 15) is 4.79 Å². The van der Waals surface area contributed by atoms with Crippen LogP contribution in [0.2, 0.25) is 0 Å². The number of nitrogens with one attached hydrogen (secondary N) is 1. The van der Waals surface area contributed by atoms with E-state index >= 15 is 0 Å². The van der Waals surface area contributed by atoms with Gasteiger partial charge in [-0.2, -0.15) is 0 Å². The Labute approximate surface area is 66.1 Å². The first-order valence-corrected chi connectivity index (χ1v) is 3.82. The van der Waals surface area contributed by atoms with Gasteiger partial charge in [-0.15, -0.1) is 0 Å². The summed E-state index contributed by atoms with van der Waals surface area (Å²) in [6.45, 7) is 0.587. The monoisotopic (exact) mass is 158 g/mol. The summed E-state index contributed by atoms with van der Waals surface area (Å²) in [5.74, 6) is -0.348. The minimum atomic E-state index is -0.361. The van der Waals surface area contributed by atoms with Crippen molar-refractivity contribution in [2.75, 3.05) is 13.7 Å². The second kappa shape index (κ2) is 3.69. The molecule has 0 radical (unpaired) electrons. The number of carbonyl (C=O) groups is 1. The fourth-order valence-corrected chi connectivity index (χ4v) is 1.20. The highest BCUT2D eigenvalue weighted by molar-refractivity contribution is 5.78. The third-order valence-electron chi connectivity index (χ3n) is 2.00. The fourth-order valence-electron chi connectivity index (χ4n) is 1.20. The lowest BCUT2D eigenvalue weighted by Crippen LogP contribution is -2.42.